The number of benzene rings is 1. The summed E-state index contributed by atoms with van der Waals surface area (Å²) in [5.74, 6) is 0.0919. The molecule has 186 valence electrons. The molecule has 1 fully saturated rings. The first-order valence-electron chi connectivity index (χ1n) is 11.8. The van der Waals surface area contributed by atoms with Crippen LogP contribution in [0.3, 0.4) is 0 Å². The smallest absolute Gasteiger partial charge is 0.407 e. The van der Waals surface area contributed by atoms with Crippen molar-refractivity contribution >= 4 is 30.0 Å². The maximum Gasteiger partial charge on any atom is 0.407 e. The van der Waals surface area contributed by atoms with Gasteiger partial charge in [0.1, 0.15) is 5.75 Å². The molecule has 10 nitrogen and oxygen atoms in total. The number of nitrogens with zero attached hydrogens (tertiary/aromatic N) is 3. The largest absolute Gasteiger partial charge is 0.479 e. The molecule has 0 spiro atoms. The van der Waals surface area contributed by atoms with Gasteiger partial charge < -0.3 is 29.9 Å². The number of carbonyl (C=O) groups excluding carboxylic acids is 3. The van der Waals surface area contributed by atoms with Crippen LogP contribution in [0.1, 0.15) is 56.5 Å². The highest BCUT2D eigenvalue weighted by Gasteiger charge is 2.36. The summed E-state index contributed by atoms with van der Waals surface area (Å²) in [6.07, 6.45) is 0.929. The Balaban J connectivity index is 2.00. The number of amides is 4. The first kappa shape index (κ1) is 25.3. The van der Waals surface area contributed by atoms with Crippen molar-refractivity contribution in [2.24, 2.45) is 0 Å². The monoisotopic (exact) mass is 474 g/mol. The van der Waals surface area contributed by atoms with E-state index in [9.17, 15) is 24.3 Å². The zero-order chi connectivity index (χ0) is 25.0. The second kappa shape index (κ2) is 10.8. The molecule has 2 atom stereocenters. The van der Waals surface area contributed by atoms with Crippen LogP contribution in [-0.2, 0) is 16.0 Å². The summed E-state index contributed by atoms with van der Waals surface area (Å²) in [7, 11) is 0. The van der Waals surface area contributed by atoms with E-state index in [1.54, 1.807) is 22.8 Å². The molecular formula is C24H34N4O6. The molecule has 2 heterocycles. The van der Waals surface area contributed by atoms with Crippen LogP contribution >= 0.6 is 0 Å². The second-order valence-corrected chi connectivity index (χ2v) is 8.98. The number of aryl methyl sites for hydroxylation is 1. The molecule has 0 radical (unpaired) electrons. The molecule has 1 saturated heterocycles. The number of carbonyl (C=O) groups is 4. The standard InChI is InChI=1S/C24H34N4O6/c1-5-17-11-21-20(27(10-8-25-14-29)22(30)16(4)34-21)12-19(17)23(31)28(15(2)3)18-7-6-9-26(13-18)24(32)33/h11-12,14-16,18H,5-10,13H2,1-4H3,(H,25,29)(H,32,33)/t16-,18-/m1/s1. The van der Waals surface area contributed by atoms with Crippen molar-refractivity contribution in [1.29, 1.82) is 0 Å². The Bertz CT molecular complexity index is 950. The number of nitrogens with one attached hydrogen (secondary N) is 1. The number of carboxylic acid groups (broad SMARTS) is 1. The second-order valence-electron chi connectivity index (χ2n) is 8.98. The number of hydrogen-bond donors (Lipinski definition) is 2. The van der Waals surface area contributed by atoms with Crippen molar-refractivity contribution in [3.8, 4) is 5.75 Å². The summed E-state index contributed by atoms with van der Waals surface area (Å²) in [6, 6.07) is 3.14. The number of likely N-dealkylation sites (tertiary alicyclic amines) is 1. The van der Waals surface area contributed by atoms with E-state index in [2.05, 4.69) is 5.32 Å². The van der Waals surface area contributed by atoms with E-state index in [0.717, 1.165) is 12.0 Å². The average molecular weight is 475 g/mol. The fourth-order valence-electron chi connectivity index (χ4n) is 4.77. The molecule has 2 N–H and O–H groups in total. The van der Waals surface area contributed by atoms with Gasteiger partial charge in [0, 0.05) is 37.8 Å². The third kappa shape index (κ3) is 5.10. The van der Waals surface area contributed by atoms with E-state index in [4.69, 9.17) is 4.74 Å². The van der Waals surface area contributed by atoms with Crippen LogP contribution in [-0.4, -0.2) is 83.6 Å². The predicted octanol–water partition coefficient (Wildman–Crippen LogP) is 2.10. The quantitative estimate of drug-likeness (QED) is 0.440. The number of rotatable bonds is 8. The Morgan fingerprint density at radius 2 is 2.09 bits per heavy atom. The lowest BCUT2D eigenvalue weighted by atomic mass is 9.97. The molecule has 0 bridgehead atoms. The van der Waals surface area contributed by atoms with Gasteiger partial charge in [0.15, 0.2) is 6.10 Å². The summed E-state index contributed by atoms with van der Waals surface area (Å²) in [5, 5.41) is 12.0. The number of piperidine rings is 1. The highest BCUT2D eigenvalue weighted by atomic mass is 16.5. The predicted molar refractivity (Wildman–Crippen MR) is 126 cm³/mol. The van der Waals surface area contributed by atoms with Gasteiger partial charge in [-0.05, 0) is 57.7 Å². The minimum absolute atomic E-state index is 0.141. The molecule has 0 aromatic heterocycles. The van der Waals surface area contributed by atoms with Gasteiger partial charge in [-0.2, -0.15) is 0 Å². The molecule has 2 aliphatic heterocycles. The van der Waals surface area contributed by atoms with Crippen LogP contribution in [0.4, 0.5) is 10.5 Å². The van der Waals surface area contributed by atoms with Gasteiger partial charge in [-0.15, -0.1) is 0 Å². The van der Waals surface area contributed by atoms with Crippen LogP contribution < -0.4 is 15.0 Å². The van der Waals surface area contributed by atoms with Crippen molar-refractivity contribution in [3.05, 3.63) is 23.3 Å². The number of ether oxygens (including phenoxy) is 1. The molecule has 0 saturated carbocycles. The van der Waals surface area contributed by atoms with Crippen LogP contribution in [0, 0.1) is 0 Å². The summed E-state index contributed by atoms with van der Waals surface area (Å²) in [6.45, 7) is 8.73. The summed E-state index contributed by atoms with van der Waals surface area (Å²) >= 11 is 0. The molecule has 10 heteroatoms. The zero-order valence-corrected chi connectivity index (χ0v) is 20.2. The maximum absolute atomic E-state index is 13.9. The Labute approximate surface area is 199 Å². The third-order valence-electron chi connectivity index (χ3n) is 6.42. The molecule has 1 aromatic rings. The van der Waals surface area contributed by atoms with Crippen molar-refractivity contribution in [2.45, 2.75) is 65.1 Å². The van der Waals surface area contributed by atoms with Gasteiger partial charge in [0.25, 0.3) is 11.8 Å². The molecular weight excluding hydrogens is 440 g/mol. The summed E-state index contributed by atoms with van der Waals surface area (Å²) in [5.41, 5.74) is 1.77. The van der Waals surface area contributed by atoms with Crippen LogP contribution in [0.25, 0.3) is 0 Å². The fraction of sp³-hybridized carbons (Fsp3) is 0.583. The van der Waals surface area contributed by atoms with Gasteiger partial charge in [-0.25, -0.2) is 4.79 Å². The van der Waals surface area contributed by atoms with Crippen molar-refractivity contribution in [2.75, 3.05) is 31.1 Å². The SMILES string of the molecule is CCc1cc2c(cc1C(=O)N(C(C)C)[C@@H]1CCCN(C(=O)O)C1)N(CCNC=O)C(=O)[C@@H](C)O2. The van der Waals surface area contributed by atoms with E-state index < -0.39 is 12.2 Å². The van der Waals surface area contributed by atoms with E-state index >= 15 is 0 Å². The Kier molecular flexibility index (Phi) is 8.01. The van der Waals surface area contributed by atoms with Crippen molar-refractivity contribution < 1.29 is 29.0 Å². The number of fused-ring (bicyclic) bond motifs is 1. The van der Waals surface area contributed by atoms with Gasteiger partial charge in [-0.1, -0.05) is 6.92 Å². The first-order valence-corrected chi connectivity index (χ1v) is 11.8. The highest BCUT2D eigenvalue weighted by molar-refractivity contribution is 6.03. The minimum atomic E-state index is -0.978. The van der Waals surface area contributed by atoms with Crippen molar-refractivity contribution in [3.63, 3.8) is 0 Å². The lowest BCUT2D eigenvalue weighted by molar-refractivity contribution is -0.125. The van der Waals surface area contributed by atoms with E-state index in [1.165, 1.54) is 4.90 Å². The van der Waals surface area contributed by atoms with Crippen LogP contribution in [0.5, 0.6) is 5.75 Å². The zero-order valence-electron chi connectivity index (χ0n) is 20.2. The lowest BCUT2D eigenvalue weighted by Crippen LogP contribution is -2.54. The molecule has 0 unspecified atom stereocenters. The van der Waals surface area contributed by atoms with E-state index in [0.29, 0.717) is 42.8 Å². The van der Waals surface area contributed by atoms with Gasteiger partial charge >= 0.3 is 6.09 Å². The van der Waals surface area contributed by atoms with Crippen LogP contribution in [0.15, 0.2) is 12.1 Å². The highest BCUT2D eigenvalue weighted by Crippen LogP contribution is 2.37. The van der Waals surface area contributed by atoms with Crippen LogP contribution in [0.2, 0.25) is 0 Å². The Morgan fingerprint density at radius 3 is 2.71 bits per heavy atom. The number of hydrogen-bond acceptors (Lipinski definition) is 5. The molecule has 4 amide bonds. The van der Waals surface area contributed by atoms with E-state index in [-0.39, 0.29) is 43.5 Å². The molecule has 3 rings (SSSR count). The van der Waals surface area contributed by atoms with E-state index in [1.807, 2.05) is 26.8 Å². The molecule has 2 aliphatic rings. The topological polar surface area (TPSA) is 119 Å². The van der Waals surface area contributed by atoms with Crippen molar-refractivity contribution in [1.82, 2.24) is 15.1 Å². The third-order valence-corrected chi connectivity index (χ3v) is 6.42. The summed E-state index contributed by atoms with van der Waals surface area (Å²) in [4.78, 5) is 53.6. The first-order chi connectivity index (χ1) is 16.2. The Hall–Kier alpha value is -3.30. The Morgan fingerprint density at radius 1 is 1.35 bits per heavy atom. The molecule has 0 aliphatic carbocycles. The minimum Gasteiger partial charge on any atom is -0.479 e. The lowest BCUT2D eigenvalue weighted by Gasteiger charge is -2.41. The number of anilines is 1. The average Bonchev–Trinajstić information content (AvgIpc) is 2.80. The summed E-state index contributed by atoms with van der Waals surface area (Å²) < 4.78 is 5.84. The van der Waals surface area contributed by atoms with Gasteiger partial charge in [0.05, 0.1) is 11.7 Å². The maximum atomic E-state index is 13.9. The molecule has 1 aromatic carbocycles. The van der Waals surface area contributed by atoms with Gasteiger partial charge in [0.2, 0.25) is 6.41 Å². The fourth-order valence-corrected chi connectivity index (χ4v) is 4.77. The normalized spacial score (nSPS) is 20.0. The van der Waals surface area contributed by atoms with Gasteiger partial charge in [-0.3, -0.25) is 14.4 Å². The molecule has 34 heavy (non-hydrogen) atoms.